The average Bonchev–Trinajstić information content (AvgIpc) is 2.93. The molecule has 160 valence electrons. The Bertz CT molecular complexity index is 606. The molecule has 0 aromatic heterocycles. The van der Waals surface area contributed by atoms with E-state index in [1.807, 2.05) is 0 Å². The van der Waals surface area contributed by atoms with E-state index in [0.29, 0.717) is 13.0 Å². The van der Waals surface area contributed by atoms with Crippen LogP contribution in [-0.2, 0) is 19.1 Å². The van der Waals surface area contributed by atoms with Gasteiger partial charge in [0.2, 0.25) is 11.8 Å². The second-order valence-corrected chi connectivity index (χ2v) is 9.14. The molecular weight excluding hydrogens is 366 g/mol. The topological polar surface area (TPSA) is 134 Å². The van der Waals surface area contributed by atoms with E-state index >= 15 is 0 Å². The maximum absolute atomic E-state index is 12.9. The Labute approximate surface area is 166 Å². The number of aliphatic hydroxyl groups is 1. The third-order valence-corrected chi connectivity index (χ3v) is 4.33. The van der Waals surface area contributed by atoms with E-state index in [2.05, 4.69) is 16.0 Å². The highest BCUT2D eigenvalue weighted by Gasteiger charge is 2.37. The van der Waals surface area contributed by atoms with Gasteiger partial charge in [0.1, 0.15) is 18.2 Å². The first kappa shape index (κ1) is 23.9. The number of nitrogens with one attached hydrogen (secondary N) is 3. The molecule has 0 aliphatic carbocycles. The van der Waals surface area contributed by atoms with E-state index in [1.165, 1.54) is 0 Å². The number of carbonyl (C=O) groups is 4. The maximum Gasteiger partial charge on any atom is 0.408 e. The molecule has 0 spiro atoms. The van der Waals surface area contributed by atoms with Crippen molar-refractivity contribution in [3.05, 3.63) is 0 Å². The lowest BCUT2D eigenvalue weighted by molar-refractivity contribution is -0.133. The van der Waals surface area contributed by atoms with Crippen molar-refractivity contribution < 1.29 is 29.0 Å². The number of hydrogen-bond donors (Lipinski definition) is 4. The summed E-state index contributed by atoms with van der Waals surface area (Å²) in [5.74, 6) is -1.75. The van der Waals surface area contributed by atoms with Crippen molar-refractivity contribution in [2.45, 2.75) is 72.1 Å². The first-order chi connectivity index (χ1) is 12.7. The zero-order valence-corrected chi connectivity index (χ0v) is 17.5. The number of aliphatic hydroxyl groups excluding tert-OH is 1. The summed E-state index contributed by atoms with van der Waals surface area (Å²) in [7, 11) is 0. The normalized spacial score (nSPS) is 19.4. The van der Waals surface area contributed by atoms with Gasteiger partial charge in [-0.25, -0.2) is 4.79 Å². The number of ether oxygens (including phenoxy) is 1. The first-order valence-corrected chi connectivity index (χ1v) is 9.45. The van der Waals surface area contributed by atoms with Crippen LogP contribution in [0.1, 0.15) is 54.4 Å². The van der Waals surface area contributed by atoms with Gasteiger partial charge in [0.25, 0.3) is 0 Å². The van der Waals surface area contributed by atoms with Crippen molar-refractivity contribution in [3.8, 4) is 0 Å². The van der Waals surface area contributed by atoms with Gasteiger partial charge in [-0.2, -0.15) is 0 Å². The Morgan fingerprint density at radius 3 is 2.21 bits per heavy atom. The zero-order valence-electron chi connectivity index (χ0n) is 17.5. The van der Waals surface area contributed by atoms with E-state index in [9.17, 15) is 24.3 Å². The van der Waals surface area contributed by atoms with Gasteiger partial charge in [0, 0.05) is 12.5 Å². The molecule has 0 aromatic carbocycles. The van der Waals surface area contributed by atoms with Crippen LogP contribution in [-0.4, -0.2) is 59.6 Å². The van der Waals surface area contributed by atoms with Crippen LogP contribution in [0.4, 0.5) is 4.79 Å². The molecule has 1 rings (SSSR count). The predicted molar refractivity (Wildman–Crippen MR) is 102 cm³/mol. The van der Waals surface area contributed by atoms with Crippen molar-refractivity contribution >= 4 is 23.7 Å². The second-order valence-electron chi connectivity index (χ2n) is 9.14. The molecule has 0 saturated carbocycles. The Kier molecular flexibility index (Phi) is 7.98. The van der Waals surface area contributed by atoms with Crippen LogP contribution in [0.3, 0.4) is 0 Å². The van der Waals surface area contributed by atoms with Crippen LogP contribution in [0, 0.1) is 11.3 Å². The summed E-state index contributed by atoms with van der Waals surface area (Å²) in [6.07, 6.45) is -0.0916. The molecule has 1 heterocycles. The number of rotatable bonds is 7. The SMILES string of the molecule is CC(C)(C)OC(=O)N[C@H](C(=O)N[C@@H](C[C@@H]1CCNC1=O)C(=O)CO)C(C)(C)C. The van der Waals surface area contributed by atoms with Gasteiger partial charge in [0.15, 0.2) is 5.78 Å². The smallest absolute Gasteiger partial charge is 0.408 e. The minimum Gasteiger partial charge on any atom is -0.444 e. The number of alkyl carbamates (subject to hydrolysis) is 1. The summed E-state index contributed by atoms with van der Waals surface area (Å²) < 4.78 is 5.22. The van der Waals surface area contributed by atoms with Crippen molar-refractivity contribution in [2.75, 3.05) is 13.2 Å². The summed E-state index contributed by atoms with van der Waals surface area (Å²) in [6.45, 7) is 10.2. The van der Waals surface area contributed by atoms with E-state index in [4.69, 9.17) is 4.74 Å². The van der Waals surface area contributed by atoms with E-state index in [1.54, 1.807) is 41.5 Å². The molecule has 9 nitrogen and oxygen atoms in total. The summed E-state index contributed by atoms with van der Waals surface area (Å²) in [6, 6.07) is -2.00. The second kappa shape index (κ2) is 9.36. The third-order valence-electron chi connectivity index (χ3n) is 4.33. The Balaban J connectivity index is 2.91. The fraction of sp³-hybridized carbons (Fsp3) is 0.789. The standard InChI is InChI=1S/C19H33N3O6/c1-18(2,3)14(22-17(27)28-19(4,5)6)16(26)21-12(13(24)10-23)9-11-7-8-20-15(11)25/h11-12,14,23H,7-10H2,1-6H3,(H,20,25)(H,21,26)(H,22,27)/t11-,12-,14+/m0/s1. The highest BCUT2D eigenvalue weighted by Crippen LogP contribution is 2.22. The fourth-order valence-electron chi connectivity index (χ4n) is 2.89. The molecular formula is C19H33N3O6. The molecule has 0 aromatic rings. The number of ketones is 1. The van der Waals surface area contributed by atoms with E-state index < -0.39 is 53.4 Å². The molecule has 3 atom stereocenters. The van der Waals surface area contributed by atoms with Crippen molar-refractivity contribution in [1.82, 2.24) is 16.0 Å². The molecule has 0 radical (unpaired) electrons. The van der Waals surface area contributed by atoms with Gasteiger partial charge < -0.3 is 25.8 Å². The summed E-state index contributed by atoms with van der Waals surface area (Å²) in [4.78, 5) is 48.9. The van der Waals surface area contributed by atoms with Crippen LogP contribution in [0.25, 0.3) is 0 Å². The minimum absolute atomic E-state index is 0.0975. The Morgan fingerprint density at radius 2 is 1.79 bits per heavy atom. The molecule has 1 saturated heterocycles. The number of hydrogen-bond acceptors (Lipinski definition) is 6. The third kappa shape index (κ3) is 7.46. The summed E-state index contributed by atoms with van der Waals surface area (Å²) in [5.41, 5.74) is -1.40. The van der Waals surface area contributed by atoms with Crippen LogP contribution >= 0.6 is 0 Å². The molecule has 0 unspecified atom stereocenters. The number of carbonyl (C=O) groups excluding carboxylic acids is 4. The molecule has 0 bridgehead atoms. The number of Topliss-reactive ketones (excluding diaryl/α,β-unsaturated/α-hetero) is 1. The summed E-state index contributed by atoms with van der Waals surface area (Å²) >= 11 is 0. The van der Waals surface area contributed by atoms with E-state index in [0.717, 1.165) is 0 Å². The lowest BCUT2D eigenvalue weighted by Crippen LogP contribution is -2.57. The monoisotopic (exact) mass is 399 g/mol. The number of amides is 3. The molecule has 3 amide bonds. The van der Waals surface area contributed by atoms with Crippen LogP contribution < -0.4 is 16.0 Å². The molecule has 4 N–H and O–H groups in total. The average molecular weight is 399 g/mol. The Morgan fingerprint density at radius 1 is 1.18 bits per heavy atom. The molecule has 1 fully saturated rings. The van der Waals surface area contributed by atoms with Crippen molar-refractivity contribution in [2.24, 2.45) is 11.3 Å². The van der Waals surface area contributed by atoms with Gasteiger partial charge in [0.05, 0.1) is 6.04 Å². The van der Waals surface area contributed by atoms with Gasteiger partial charge in [-0.15, -0.1) is 0 Å². The van der Waals surface area contributed by atoms with Gasteiger partial charge >= 0.3 is 6.09 Å². The lowest BCUT2D eigenvalue weighted by Gasteiger charge is -2.32. The lowest BCUT2D eigenvalue weighted by atomic mass is 9.85. The van der Waals surface area contributed by atoms with Crippen molar-refractivity contribution in [1.29, 1.82) is 0 Å². The van der Waals surface area contributed by atoms with Crippen molar-refractivity contribution in [3.63, 3.8) is 0 Å². The molecule has 1 aliphatic heterocycles. The largest absolute Gasteiger partial charge is 0.444 e. The van der Waals surface area contributed by atoms with Crippen LogP contribution in [0.15, 0.2) is 0 Å². The van der Waals surface area contributed by atoms with Crippen LogP contribution in [0.2, 0.25) is 0 Å². The highest BCUT2D eigenvalue weighted by atomic mass is 16.6. The fourth-order valence-corrected chi connectivity index (χ4v) is 2.89. The molecule has 1 aliphatic rings. The van der Waals surface area contributed by atoms with E-state index in [-0.39, 0.29) is 12.3 Å². The van der Waals surface area contributed by atoms with Gasteiger partial charge in [-0.1, -0.05) is 20.8 Å². The first-order valence-electron chi connectivity index (χ1n) is 9.45. The van der Waals surface area contributed by atoms with Gasteiger partial charge in [-0.3, -0.25) is 14.4 Å². The molecule has 9 heteroatoms. The minimum atomic E-state index is -1.02. The predicted octanol–water partition coefficient (Wildman–Crippen LogP) is 0.498. The highest BCUT2D eigenvalue weighted by molar-refractivity contribution is 5.93. The zero-order chi connectivity index (χ0) is 21.7. The molecule has 28 heavy (non-hydrogen) atoms. The maximum atomic E-state index is 12.9. The van der Waals surface area contributed by atoms with Crippen LogP contribution in [0.5, 0.6) is 0 Å². The Hall–Kier alpha value is -2.16. The summed E-state index contributed by atoms with van der Waals surface area (Å²) in [5, 5.41) is 17.1. The quantitative estimate of drug-likeness (QED) is 0.492. The van der Waals surface area contributed by atoms with Gasteiger partial charge in [-0.05, 0) is 39.0 Å².